The monoisotopic (exact) mass is 318 g/mol. The van der Waals surface area contributed by atoms with E-state index >= 15 is 0 Å². The molecule has 2 amide bonds. The van der Waals surface area contributed by atoms with Crippen LogP contribution in [0.3, 0.4) is 0 Å². The van der Waals surface area contributed by atoms with Gasteiger partial charge in [-0.15, -0.1) is 0 Å². The fourth-order valence-corrected chi connectivity index (χ4v) is 3.43. The highest BCUT2D eigenvalue weighted by Crippen LogP contribution is 2.34. The molecule has 2 saturated heterocycles. The summed E-state index contributed by atoms with van der Waals surface area (Å²) in [6.07, 6.45) is 1.84. The average Bonchev–Trinajstić information content (AvgIpc) is 3.30. The fraction of sp³-hybridized carbons (Fsp3) is 0.529. The molecule has 0 N–H and O–H groups in total. The minimum atomic E-state index is -0.290. The Morgan fingerprint density at radius 3 is 2.65 bits per heavy atom. The summed E-state index contributed by atoms with van der Waals surface area (Å²) in [6.45, 7) is 1.57. The minimum absolute atomic E-state index is 0.0494. The lowest BCUT2D eigenvalue weighted by Crippen LogP contribution is -2.53. The Morgan fingerprint density at radius 1 is 1.22 bits per heavy atom. The summed E-state index contributed by atoms with van der Waals surface area (Å²) in [7, 11) is 0. The zero-order valence-corrected chi connectivity index (χ0v) is 12.8. The van der Waals surface area contributed by atoms with E-state index in [0.717, 1.165) is 18.4 Å². The van der Waals surface area contributed by atoms with Gasteiger partial charge in [-0.3, -0.25) is 9.59 Å². The first-order valence-corrected chi connectivity index (χ1v) is 8.06. The molecule has 4 rings (SSSR count). The van der Waals surface area contributed by atoms with Crippen LogP contribution in [0.1, 0.15) is 18.4 Å². The van der Waals surface area contributed by atoms with Crippen LogP contribution >= 0.6 is 0 Å². The lowest BCUT2D eigenvalue weighted by atomic mass is 10.1. The summed E-state index contributed by atoms with van der Waals surface area (Å²) in [6, 6.07) is 6.07. The van der Waals surface area contributed by atoms with Crippen molar-refractivity contribution in [3.8, 4) is 0 Å². The van der Waals surface area contributed by atoms with Crippen molar-refractivity contribution in [2.24, 2.45) is 5.92 Å². The molecule has 5 nitrogen and oxygen atoms in total. The molecule has 0 radical (unpaired) electrons. The molecule has 2 aliphatic heterocycles. The summed E-state index contributed by atoms with van der Waals surface area (Å²) < 4.78 is 18.7. The number of carbonyl (C=O) groups excluding carboxylic acids is 2. The van der Waals surface area contributed by atoms with Gasteiger partial charge in [-0.05, 0) is 30.5 Å². The number of morpholine rings is 1. The molecule has 1 saturated carbocycles. The highest BCUT2D eigenvalue weighted by molar-refractivity contribution is 5.82. The maximum absolute atomic E-state index is 13.0. The van der Waals surface area contributed by atoms with Gasteiger partial charge in [0.25, 0.3) is 0 Å². The Balaban J connectivity index is 1.49. The Hall–Kier alpha value is -1.95. The normalized spacial score (nSPS) is 27.3. The molecule has 1 aromatic rings. The van der Waals surface area contributed by atoms with Gasteiger partial charge < -0.3 is 14.5 Å². The number of hydrogen-bond acceptors (Lipinski definition) is 3. The van der Waals surface area contributed by atoms with Crippen LogP contribution < -0.4 is 0 Å². The van der Waals surface area contributed by atoms with Crippen LogP contribution in [0.4, 0.5) is 4.39 Å². The highest BCUT2D eigenvalue weighted by Gasteiger charge is 2.46. The van der Waals surface area contributed by atoms with Crippen molar-refractivity contribution in [1.82, 2.24) is 9.80 Å². The summed E-state index contributed by atoms with van der Waals surface area (Å²) in [5, 5.41) is 0. The van der Waals surface area contributed by atoms with Crippen LogP contribution in [0.15, 0.2) is 24.3 Å². The van der Waals surface area contributed by atoms with Crippen LogP contribution in [-0.4, -0.2) is 53.5 Å². The van der Waals surface area contributed by atoms with Gasteiger partial charge in [0.05, 0.1) is 12.1 Å². The van der Waals surface area contributed by atoms with E-state index in [4.69, 9.17) is 4.74 Å². The first-order valence-electron chi connectivity index (χ1n) is 8.06. The molecule has 23 heavy (non-hydrogen) atoms. The van der Waals surface area contributed by atoms with Crippen molar-refractivity contribution in [1.29, 1.82) is 0 Å². The zero-order chi connectivity index (χ0) is 16.0. The van der Waals surface area contributed by atoms with E-state index in [-0.39, 0.29) is 42.3 Å². The lowest BCUT2D eigenvalue weighted by molar-refractivity contribution is -0.153. The van der Waals surface area contributed by atoms with Gasteiger partial charge in [-0.1, -0.05) is 12.1 Å². The van der Waals surface area contributed by atoms with Gasteiger partial charge >= 0.3 is 0 Å². The van der Waals surface area contributed by atoms with E-state index < -0.39 is 0 Å². The summed E-state index contributed by atoms with van der Waals surface area (Å²) in [5.74, 6) is 0.00637. The lowest BCUT2D eigenvalue weighted by Gasteiger charge is -2.36. The molecule has 0 spiro atoms. The number of rotatable bonds is 3. The Bertz CT molecular complexity index is 629. The van der Waals surface area contributed by atoms with Crippen molar-refractivity contribution in [3.05, 3.63) is 35.6 Å². The number of hydrogen-bond donors (Lipinski definition) is 0. The van der Waals surface area contributed by atoms with E-state index in [9.17, 15) is 14.0 Å². The van der Waals surface area contributed by atoms with Crippen molar-refractivity contribution >= 4 is 11.8 Å². The van der Waals surface area contributed by atoms with E-state index in [1.807, 2.05) is 4.90 Å². The zero-order valence-electron chi connectivity index (χ0n) is 12.8. The second-order valence-electron chi connectivity index (χ2n) is 6.58. The van der Waals surface area contributed by atoms with Crippen LogP contribution in [0.5, 0.6) is 0 Å². The van der Waals surface area contributed by atoms with Gasteiger partial charge in [0.15, 0.2) is 0 Å². The molecule has 0 aromatic heterocycles. The van der Waals surface area contributed by atoms with Crippen molar-refractivity contribution in [3.63, 3.8) is 0 Å². The van der Waals surface area contributed by atoms with Crippen LogP contribution in [-0.2, 0) is 20.9 Å². The van der Waals surface area contributed by atoms with Crippen molar-refractivity contribution in [2.45, 2.75) is 31.5 Å². The largest absolute Gasteiger partial charge is 0.364 e. The number of nitrogens with zero attached hydrogens (tertiary/aromatic N) is 2. The van der Waals surface area contributed by atoms with Gasteiger partial charge in [0.1, 0.15) is 12.4 Å². The molecule has 1 aliphatic carbocycles. The molecular formula is C17H19FN2O3. The Labute approximate surface area is 134 Å². The number of fused-ring (bicyclic) bond motifs is 1. The van der Waals surface area contributed by atoms with Crippen molar-refractivity contribution in [2.75, 3.05) is 19.7 Å². The van der Waals surface area contributed by atoms with Gasteiger partial charge in [0.2, 0.25) is 11.8 Å². The second-order valence-corrected chi connectivity index (χ2v) is 6.58. The molecule has 0 unspecified atom stereocenters. The Morgan fingerprint density at radius 2 is 1.96 bits per heavy atom. The Kier molecular flexibility index (Phi) is 3.56. The van der Waals surface area contributed by atoms with Gasteiger partial charge in [-0.2, -0.15) is 0 Å². The molecule has 6 heteroatoms. The molecule has 3 fully saturated rings. The molecule has 2 heterocycles. The van der Waals surface area contributed by atoms with Crippen molar-refractivity contribution < 1.29 is 18.7 Å². The second kappa shape index (κ2) is 5.60. The molecule has 3 aliphatic rings. The van der Waals surface area contributed by atoms with Gasteiger partial charge in [-0.25, -0.2) is 4.39 Å². The molecular weight excluding hydrogens is 299 g/mol. The molecule has 122 valence electrons. The third-order valence-corrected chi connectivity index (χ3v) is 4.88. The van der Waals surface area contributed by atoms with E-state index in [2.05, 4.69) is 0 Å². The maximum Gasteiger partial charge on any atom is 0.249 e. The van der Waals surface area contributed by atoms with Gasteiger partial charge in [0, 0.05) is 25.6 Å². The third-order valence-electron chi connectivity index (χ3n) is 4.88. The van der Waals surface area contributed by atoms with E-state index in [0.29, 0.717) is 19.6 Å². The summed E-state index contributed by atoms with van der Waals surface area (Å²) in [4.78, 5) is 28.1. The minimum Gasteiger partial charge on any atom is -0.364 e. The smallest absolute Gasteiger partial charge is 0.249 e. The first kappa shape index (κ1) is 14.6. The molecule has 1 aromatic carbocycles. The predicted octanol–water partition coefficient (Wildman–Crippen LogP) is 1.17. The average molecular weight is 318 g/mol. The van der Waals surface area contributed by atoms with Crippen LogP contribution in [0, 0.1) is 11.7 Å². The molecule has 2 atom stereocenters. The maximum atomic E-state index is 13.0. The summed E-state index contributed by atoms with van der Waals surface area (Å²) >= 11 is 0. The number of ether oxygens (including phenoxy) is 1. The SMILES string of the molecule is O=C(C1CC1)N1C[C@@H]2OCC(=O)N(Cc3ccc(F)cc3)[C@@H]2C1. The number of halogens is 1. The predicted molar refractivity (Wildman–Crippen MR) is 79.8 cm³/mol. The standard InChI is InChI=1S/C17H19FN2O3/c18-13-5-1-11(2-6-13)7-20-14-8-19(17(22)12-3-4-12)9-15(14)23-10-16(20)21/h1-2,5-6,12,14-15H,3-4,7-10H2/t14-,15+/m1/s1. The van der Waals surface area contributed by atoms with Crippen LogP contribution in [0.2, 0.25) is 0 Å². The van der Waals surface area contributed by atoms with E-state index in [1.54, 1.807) is 17.0 Å². The highest BCUT2D eigenvalue weighted by atomic mass is 19.1. The molecule has 0 bridgehead atoms. The quantitative estimate of drug-likeness (QED) is 0.841. The number of likely N-dealkylation sites (tertiary alicyclic amines) is 1. The van der Waals surface area contributed by atoms with Crippen LogP contribution in [0.25, 0.3) is 0 Å². The number of amides is 2. The topological polar surface area (TPSA) is 49.9 Å². The fourth-order valence-electron chi connectivity index (χ4n) is 3.43. The summed E-state index contributed by atoms with van der Waals surface area (Å²) in [5.41, 5.74) is 0.882. The first-order chi connectivity index (χ1) is 11.1. The number of carbonyl (C=O) groups is 2. The number of benzene rings is 1. The third kappa shape index (κ3) is 2.83. The van der Waals surface area contributed by atoms with E-state index in [1.165, 1.54) is 12.1 Å².